The lowest BCUT2D eigenvalue weighted by Crippen LogP contribution is -2.49. The number of carbonyl (C=O) groups is 1. The van der Waals surface area contributed by atoms with Gasteiger partial charge in [-0.2, -0.15) is 5.10 Å². The van der Waals surface area contributed by atoms with Crippen LogP contribution in [-0.2, 0) is 22.6 Å². The van der Waals surface area contributed by atoms with E-state index < -0.39 is 0 Å². The van der Waals surface area contributed by atoms with E-state index in [1.165, 1.54) is 0 Å². The smallest absolute Gasteiger partial charge is 0.248 e. The van der Waals surface area contributed by atoms with Gasteiger partial charge in [0.1, 0.15) is 6.04 Å². The van der Waals surface area contributed by atoms with Crippen LogP contribution >= 0.6 is 0 Å². The van der Waals surface area contributed by atoms with Crippen molar-refractivity contribution in [3.8, 4) is 5.88 Å². The summed E-state index contributed by atoms with van der Waals surface area (Å²) in [4.78, 5) is 21.5. The minimum Gasteiger partial charge on any atom is -0.481 e. The first kappa shape index (κ1) is 17.0. The summed E-state index contributed by atoms with van der Waals surface area (Å²) < 4.78 is 12.6. The lowest BCUT2D eigenvalue weighted by molar-refractivity contribution is -0.140. The first-order valence-electron chi connectivity index (χ1n) is 8.85. The summed E-state index contributed by atoms with van der Waals surface area (Å²) in [6.07, 6.45) is 3.49. The molecule has 2 aromatic heterocycles. The topological polar surface area (TPSA) is 72.7 Å². The van der Waals surface area contributed by atoms with Crippen LogP contribution in [-0.4, -0.2) is 70.4 Å². The van der Waals surface area contributed by atoms with Crippen molar-refractivity contribution in [3.05, 3.63) is 41.9 Å². The predicted octanol–water partition coefficient (Wildman–Crippen LogP) is 0.702. The summed E-state index contributed by atoms with van der Waals surface area (Å²) in [5.74, 6) is 0.740. The fourth-order valence-corrected chi connectivity index (χ4v) is 3.63. The predicted molar refractivity (Wildman–Crippen MR) is 93.6 cm³/mol. The third-order valence-corrected chi connectivity index (χ3v) is 4.91. The van der Waals surface area contributed by atoms with Crippen molar-refractivity contribution in [2.75, 3.05) is 40.0 Å². The zero-order valence-electron chi connectivity index (χ0n) is 14.9. The molecule has 2 aromatic rings. The van der Waals surface area contributed by atoms with Crippen LogP contribution in [0.25, 0.3) is 0 Å². The molecule has 1 amide bonds. The minimum absolute atomic E-state index is 0.112. The molecule has 0 radical (unpaired) electrons. The highest BCUT2D eigenvalue weighted by Crippen LogP contribution is 2.26. The Balaban J connectivity index is 1.55. The molecule has 2 aliphatic rings. The Labute approximate surface area is 152 Å². The molecule has 138 valence electrons. The zero-order valence-corrected chi connectivity index (χ0v) is 14.9. The van der Waals surface area contributed by atoms with E-state index in [0.29, 0.717) is 45.3 Å². The second kappa shape index (κ2) is 7.43. The summed E-state index contributed by atoms with van der Waals surface area (Å²) in [6, 6.07) is 5.58. The van der Waals surface area contributed by atoms with Crippen molar-refractivity contribution < 1.29 is 14.3 Å². The number of aromatic nitrogens is 3. The van der Waals surface area contributed by atoms with E-state index in [9.17, 15) is 4.79 Å². The molecule has 1 atom stereocenters. The van der Waals surface area contributed by atoms with Crippen LogP contribution < -0.4 is 4.74 Å². The normalized spacial score (nSPS) is 20.7. The molecule has 1 saturated heterocycles. The first-order valence-corrected chi connectivity index (χ1v) is 8.85. The minimum atomic E-state index is -0.311. The van der Waals surface area contributed by atoms with Crippen LogP contribution in [0.5, 0.6) is 5.88 Å². The number of morpholine rings is 1. The number of rotatable bonds is 4. The number of amides is 1. The Kier molecular flexibility index (Phi) is 4.85. The van der Waals surface area contributed by atoms with Gasteiger partial charge in [0.15, 0.2) is 0 Å². The maximum atomic E-state index is 13.1. The molecule has 1 unspecified atom stereocenters. The highest BCUT2D eigenvalue weighted by Gasteiger charge is 2.34. The summed E-state index contributed by atoms with van der Waals surface area (Å²) in [5, 5.41) is 4.40. The van der Waals surface area contributed by atoms with Gasteiger partial charge in [0.05, 0.1) is 26.0 Å². The third-order valence-electron chi connectivity index (χ3n) is 4.91. The number of hydrogen-bond acceptors (Lipinski definition) is 6. The van der Waals surface area contributed by atoms with Gasteiger partial charge in [0.2, 0.25) is 11.8 Å². The first-order chi connectivity index (χ1) is 12.8. The number of carbonyl (C=O) groups excluding carboxylic acids is 1. The SMILES string of the molecule is COc1ncccc1CN1Cc2ccnn2C(C(=O)N2CCOCC2)C1. The van der Waals surface area contributed by atoms with E-state index in [-0.39, 0.29) is 11.9 Å². The molecule has 8 nitrogen and oxygen atoms in total. The second-order valence-corrected chi connectivity index (χ2v) is 6.56. The molecular formula is C18H23N5O3. The summed E-state index contributed by atoms with van der Waals surface area (Å²) in [7, 11) is 1.63. The van der Waals surface area contributed by atoms with E-state index in [2.05, 4.69) is 15.0 Å². The maximum Gasteiger partial charge on any atom is 0.248 e. The Bertz CT molecular complexity index is 772. The van der Waals surface area contributed by atoms with Gasteiger partial charge in [-0.1, -0.05) is 6.07 Å². The molecule has 0 saturated carbocycles. The van der Waals surface area contributed by atoms with Gasteiger partial charge >= 0.3 is 0 Å². The molecular weight excluding hydrogens is 334 g/mol. The molecule has 0 aliphatic carbocycles. The number of methoxy groups -OCH3 is 1. The Hall–Kier alpha value is -2.45. The maximum absolute atomic E-state index is 13.1. The molecule has 8 heteroatoms. The molecule has 0 bridgehead atoms. The van der Waals surface area contributed by atoms with Gasteiger partial charge < -0.3 is 14.4 Å². The number of hydrogen-bond donors (Lipinski definition) is 0. The fraction of sp³-hybridized carbons (Fsp3) is 0.500. The van der Waals surface area contributed by atoms with Gasteiger partial charge in [0, 0.05) is 50.7 Å². The fourth-order valence-electron chi connectivity index (χ4n) is 3.63. The van der Waals surface area contributed by atoms with E-state index in [1.54, 1.807) is 19.5 Å². The molecule has 4 rings (SSSR count). The van der Waals surface area contributed by atoms with Gasteiger partial charge in [-0.05, 0) is 12.1 Å². The zero-order chi connectivity index (χ0) is 17.9. The standard InChI is InChI=1S/C18H23N5O3/c1-25-17-14(3-2-5-19-17)11-21-12-15-4-6-20-23(15)16(13-21)18(24)22-7-9-26-10-8-22/h2-6,16H,7-13H2,1H3. The summed E-state index contributed by atoms with van der Waals surface area (Å²) in [5.41, 5.74) is 2.06. The number of ether oxygens (including phenoxy) is 2. The largest absolute Gasteiger partial charge is 0.481 e. The van der Waals surface area contributed by atoms with Gasteiger partial charge in [-0.15, -0.1) is 0 Å². The van der Waals surface area contributed by atoms with Crippen molar-refractivity contribution in [2.45, 2.75) is 19.1 Å². The van der Waals surface area contributed by atoms with E-state index in [0.717, 1.165) is 17.8 Å². The van der Waals surface area contributed by atoms with E-state index >= 15 is 0 Å². The third kappa shape index (κ3) is 3.30. The highest BCUT2D eigenvalue weighted by molar-refractivity contribution is 5.81. The average molecular weight is 357 g/mol. The molecule has 0 spiro atoms. The number of fused-ring (bicyclic) bond motifs is 1. The quantitative estimate of drug-likeness (QED) is 0.802. The van der Waals surface area contributed by atoms with Gasteiger partial charge in [-0.3, -0.25) is 14.4 Å². The van der Waals surface area contributed by atoms with Crippen LogP contribution in [0, 0.1) is 0 Å². The van der Waals surface area contributed by atoms with Crippen LogP contribution in [0.1, 0.15) is 17.3 Å². The van der Waals surface area contributed by atoms with E-state index in [1.807, 2.05) is 27.8 Å². The average Bonchev–Trinajstić information content (AvgIpc) is 3.16. The van der Waals surface area contributed by atoms with Crippen molar-refractivity contribution in [2.24, 2.45) is 0 Å². The van der Waals surface area contributed by atoms with Crippen LogP contribution in [0.4, 0.5) is 0 Å². The molecule has 0 N–H and O–H groups in total. The Morgan fingerprint density at radius 1 is 1.31 bits per heavy atom. The van der Waals surface area contributed by atoms with Crippen LogP contribution in [0.3, 0.4) is 0 Å². The molecule has 26 heavy (non-hydrogen) atoms. The van der Waals surface area contributed by atoms with Crippen molar-refractivity contribution in [1.82, 2.24) is 24.6 Å². The summed E-state index contributed by atoms with van der Waals surface area (Å²) in [6.45, 7) is 4.51. The van der Waals surface area contributed by atoms with Crippen molar-refractivity contribution in [1.29, 1.82) is 0 Å². The monoisotopic (exact) mass is 357 g/mol. The Morgan fingerprint density at radius 3 is 2.96 bits per heavy atom. The molecule has 0 aromatic carbocycles. The van der Waals surface area contributed by atoms with E-state index in [4.69, 9.17) is 9.47 Å². The van der Waals surface area contributed by atoms with Crippen LogP contribution in [0.2, 0.25) is 0 Å². The second-order valence-electron chi connectivity index (χ2n) is 6.56. The highest BCUT2D eigenvalue weighted by atomic mass is 16.5. The summed E-state index contributed by atoms with van der Waals surface area (Å²) >= 11 is 0. The van der Waals surface area contributed by atoms with Crippen molar-refractivity contribution >= 4 is 5.91 Å². The van der Waals surface area contributed by atoms with Gasteiger partial charge in [0.25, 0.3) is 0 Å². The molecule has 2 aliphatic heterocycles. The lowest BCUT2D eigenvalue weighted by atomic mass is 10.1. The van der Waals surface area contributed by atoms with Crippen LogP contribution in [0.15, 0.2) is 30.6 Å². The number of pyridine rings is 1. The molecule has 1 fully saturated rings. The Morgan fingerprint density at radius 2 is 2.15 bits per heavy atom. The number of nitrogens with zero attached hydrogens (tertiary/aromatic N) is 5. The molecule has 4 heterocycles. The van der Waals surface area contributed by atoms with Gasteiger partial charge in [-0.25, -0.2) is 4.98 Å². The lowest BCUT2D eigenvalue weighted by Gasteiger charge is -2.37. The van der Waals surface area contributed by atoms with Crippen molar-refractivity contribution in [3.63, 3.8) is 0 Å².